The molecule has 1 heterocycles. The molecule has 4 nitrogen and oxygen atoms in total. The highest BCUT2D eigenvalue weighted by molar-refractivity contribution is 7.86. The van der Waals surface area contributed by atoms with Gasteiger partial charge in [-0.05, 0) is 12.8 Å². The molecule has 0 unspecified atom stereocenters. The minimum Gasteiger partial charge on any atom is -0.741 e. The lowest BCUT2D eigenvalue weighted by Gasteiger charge is -2.10. The molecule has 0 aliphatic carbocycles. The third-order valence-electron chi connectivity index (χ3n) is 2.98. The van der Waals surface area contributed by atoms with Gasteiger partial charge in [-0.3, -0.25) is 0 Å². The van der Waals surface area contributed by atoms with Gasteiger partial charge in [0.25, 0.3) is 0 Å². The summed E-state index contributed by atoms with van der Waals surface area (Å²) in [6, 6.07) is 0. The van der Waals surface area contributed by atoms with Gasteiger partial charge in [-0.1, -0.05) is 19.8 Å². The molecular weight excluding hydrogens is 283 g/mol. The molecule has 0 aromatic heterocycles. The van der Waals surface area contributed by atoms with E-state index in [9.17, 15) is 13.2 Å². The quantitative estimate of drug-likeness (QED) is 0.473. The minimum absolute atomic E-state index is 1.37. The van der Waals surface area contributed by atoms with Crippen LogP contribution in [0.15, 0.2) is 0 Å². The van der Waals surface area contributed by atoms with E-state index in [-0.39, 0.29) is 0 Å². The van der Waals surface area contributed by atoms with Crippen molar-refractivity contribution in [3.63, 3.8) is 0 Å². The highest BCUT2D eigenvalue weighted by Gasteiger charge is 2.36. The molecule has 0 amide bonds. The Kier molecular flexibility index (Phi) is 8.60. The molecule has 19 heavy (non-hydrogen) atoms. The topological polar surface area (TPSA) is 61.6 Å². The summed E-state index contributed by atoms with van der Waals surface area (Å²) < 4.78 is 58.9. The van der Waals surface area contributed by atoms with Crippen LogP contribution in [0.5, 0.6) is 0 Å². The number of quaternary nitrogens is 1. The summed E-state index contributed by atoms with van der Waals surface area (Å²) in [5.74, 6) is 0. The van der Waals surface area contributed by atoms with Crippen LogP contribution in [-0.4, -0.2) is 38.1 Å². The zero-order chi connectivity index (χ0) is 14.9. The average Bonchev–Trinajstić information content (AvgIpc) is 2.75. The van der Waals surface area contributed by atoms with Crippen LogP contribution in [0.4, 0.5) is 13.2 Å². The highest BCUT2D eigenvalue weighted by atomic mass is 32.2. The lowest BCUT2D eigenvalue weighted by atomic mass is 10.2. The lowest BCUT2D eigenvalue weighted by molar-refractivity contribution is -0.887. The maximum atomic E-state index is 10.7. The lowest BCUT2D eigenvalue weighted by Crippen LogP contribution is -3.09. The Bertz CT molecular complexity index is 325. The standard InChI is InChI=1S/C10H21N.CHF3O3S/c1-2-3-4-5-8-11-9-6-7-10-11;2-1(3,4)8(5,6)7/h2-10H2,1H3;(H,5,6,7). The monoisotopic (exact) mass is 305 g/mol. The van der Waals surface area contributed by atoms with Crippen LogP contribution in [0.2, 0.25) is 0 Å². The number of unbranched alkanes of at least 4 members (excludes halogenated alkanes) is 3. The van der Waals surface area contributed by atoms with Gasteiger partial charge in [-0.25, -0.2) is 8.42 Å². The largest absolute Gasteiger partial charge is 0.741 e. The fourth-order valence-corrected chi connectivity index (χ4v) is 1.93. The summed E-state index contributed by atoms with van der Waals surface area (Å²) >= 11 is 0. The second kappa shape index (κ2) is 8.76. The SMILES string of the molecule is CCCCCC[NH+]1CCCC1.O=S(=O)([O-])C(F)(F)F. The van der Waals surface area contributed by atoms with E-state index in [1.807, 2.05) is 4.90 Å². The van der Waals surface area contributed by atoms with E-state index in [2.05, 4.69) is 6.92 Å². The molecule has 8 heteroatoms. The van der Waals surface area contributed by atoms with Crippen LogP contribution in [0.3, 0.4) is 0 Å². The molecule has 1 saturated heterocycles. The van der Waals surface area contributed by atoms with Crippen molar-refractivity contribution >= 4 is 10.1 Å². The van der Waals surface area contributed by atoms with Gasteiger partial charge in [0.15, 0.2) is 10.1 Å². The van der Waals surface area contributed by atoms with Crippen molar-refractivity contribution in [3.05, 3.63) is 0 Å². The molecule has 0 atom stereocenters. The van der Waals surface area contributed by atoms with Crippen LogP contribution < -0.4 is 4.90 Å². The van der Waals surface area contributed by atoms with E-state index >= 15 is 0 Å². The first-order chi connectivity index (χ1) is 8.68. The Balaban J connectivity index is 0.000000362. The van der Waals surface area contributed by atoms with Gasteiger partial charge in [-0.15, -0.1) is 0 Å². The number of hydrogen-bond acceptors (Lipinski definition) is 3. The molecule has 0 spiro atoms. The number of nitrogens with one attached hydrogen (secondary N) is 1. The molecule has 0 bridgehead atoms. The van der Waals surface area contributed by atoms with Gasteiger partial charge >= 0.3 is 5.51 Å². The molecule has 1 aliphatic heterocycles. The van der Waals surface area contributed by atoms with Crippen LogP contribution in [0, 0.1) is 0 Å². The Morgan fingerprint density at radius 2 is 1.58 bits per heavy atom. The van der Waals surface area contributed by atoms with Gasteiger partial charge in [0.2, 0.25) is 0 Å². The van der Waals surface area contributed by atoms with Crippen molar-refractivity contribution in [2.75, 3.05) is 19.6 Å². The maximum absolute atomic E-state index is 10.7. The molecule has 1 N–H and O–H groups in total. The first-order valence-corrected chi connectivity index (χ1v) is 7.95. The third kappa shape index (κ3) is 9.23. The van der Waals surface area contributed by atoms with E-state index in [4.69, 9.17) is 13.0 Å². The summed E-state index contributed by atoms with van der Waals surface area (Å²) in [4.78, 5) is 1.86. The highest BCUT2D eigenvalue weighted by Crippen LogP contribution is 2.20. The van der Waals surface area contributed by atoms with Crippen molar-refractivity contribution < 1.29 is 31.0 Å². The third-order valence-corrected chi connectivity index (χ3v) is 3.54. The van der Waals surface area contributed by atoms with Crippen molar-refractivity contribution in [1.29, 1.82) is 0 Å². The van der Waals surface area contributed by atoms with E-state index in [1.54, 1.807) is 0 Å². The van der Waals surface area contributed by atoms with Crippen molar-refractivity contribution in [2.45, 2.75) is 51.0 Å². The molecule has 116 valence electrons. The Morgan fingerprint density at radius 3 is 1.95 bits per heavy atom. The van der Waals surface area contributed by atoms with Crippen LogP contribution >= 0.6 is 0 Å². The van der Waals surface area contributed by atoms with Gasteiger partial charge in [0.05, 0.1) is 19.6 Å². The summed E-state index contributed by atoms with van der Waals surface area (Å²) in [5, 5.41) is 0. The normalized spacial score (nSPS) is 17.1. The summed E-state index contributed by atoms with van der Waals surface area (Å²) in [5.41, 5.74) is -5.65. The Labute approximate surface area is 112 Å². The van der Waals surface area contributed by atoms with Gasteiger partial charge < -0.3 is 9.45 Å². The first kappa shape index (κ1) is 18.7. The molecule has 0 aromatic carbocycles. The molecule has 1 fully saturated rings. The molecule has 0 saturated carbocycles. The first-order valence-electron chi connectivity index (χ1n) is 6.54. The van der Waals surface area contributed by atoms with Crippen LogP contribution in [-0.2, 0) is 10.1 Å². The zero-order valence-electron chi connectivity index (χ0n) is 11.1. The summed E-state index contributed by atoms with van der Waals surface area (Å²) in [6.45, 7) is 6.63. The minimum atomic E-state index is -6.09. The van der Waals surface area contributed by atoms with Gasteiger partial charge in [0, 0.05) is 12.8 Å². The second-order valence-corrected chi connectivity index (χ2v) is 6.04. The Morgan fingerprint density at radius 1 is 1.11 bits per heavy atom. The fraction of sp³-hybridized carbons (Fsp3) is 1.00. The number of halogens is 3. The zero-order valence-corrected chi connectivity index (χ0v) is 11.9. The fourth-order valence-electron chi connectivity index (χ4n) is 1.93. The molecular formula is C11H22F3NO3S. The smallest absolute Gasteiger partial charge is 0.485 e. The van der Waals surface area contributed by atoms with E-state index in [1.165, 1.54) is 58.2 Å². The molecule has 0 aromatic rings. The van der Waals surface area contributed by atoms with Crippen LogP contribution in [0.1, 0.15) is 45.4 Å². The second-order valence-electron chi connectivity index (χ2n) is 4.67. The van der Waals surface area contributed by atoms with Crippen molar-refractivity contribution in [3.8, 4) is 0 Å². The number of likely N-dealkylation sites (tertiary alicyclic amines) is 1. The Hall–Kier alpha value is -0.340. The van der Waals surface area contributed by atoms with E-state index in [0.29, 0.717) is 0 Å². The van der Waals surface area contributed by atoms with Crippen molar-refractivity contribution in [2.24, 2.45) is 0 Å². The van der Waals surface area contributed by atoms with Crippen molar-refractivity contribution in [1.82, 2.24) is 0 Å². The number of alkyl halides is 3. The summed E-state index contributed by atoms with van der Waals surface area (Å²) in [7, 11) is -6.09. The van der Waals surface area contributed by atoms with E-state index < -0.39 is 15.6 Å². The van der Waals surface area contributed by atoms with Gasteiger partial charge in [0.1, 0.15) is 0 Å². The van der Waals surface area contributed by atoms with Gasteiger partial charge in [-0.2, -0.15) is 13.2 Å². The van der Waals surface area contributed by atoms with E-state index in [0.717, 1.165) is 0 Å². The maximum Gasteiger partial charge on any atom is 0.485 e. The predicted molar refractivity (Wildman–Crippen MR) is 64.7 cm³/mol. The number of rotatable bonds is 5. The predicted octanol–water partition coefficient (Wildman–Crippen LogP) is 1.30. The molecule has 0 radical (unpaired) electrons. The molecule has 1 aliphatic rings. The average molecular weight is 305 g/mol. The van der Waals surface area contributed by atoms with Crippen LogP contribution in [0.25, 0.3) is 0 Å². The number of hydrogen-bond donors (Lipinski definition) is 1. The summed E-state index contributed by atoms with van der Waals surface area (Å²) in [6.07, 6.45) is 8.68. The molecule has 1 rings (SSSR count).